The third-order valence-electron chi connectivity index (χ3n) is 4.94. The molecule has 5 heteroatoms. The lowest BCUT2D eigenvalue weighted by molar-refractivity contribution is 0.0956. The summed E-state index contributed by atoms with van der Waals surface area (Å²) < 4.78 is 5.79. The van der Waals surface area contributed by atoms with Crippen LogP contribution < -0.4 is 10.2 Å². The molecule has 0 aliphatic carbocycles. The molecule has 0 aromatic heterocycles. The van der Waals surface area contributed by atoms with E-state index in [-0.39, 0.29) is 5.91 Å². The average molecular weight is 429 g/mol. The van der Waals surface area contributed by atoms with Gasteiger partial charge in [-0.15, -0.1) is 0 Å². The molecule has 0 radical (unpaired) electrons. The van der Waals surface area contributed by atoms with Crippen molar-refractivity contribution in [3.8, 4) is 5.75 Å². The average Bonchev–Trinajstić information content (AvgIpc) is 2.79. The molecule has 4 rings (SSSR count). The molecular weight excluding hydrogens is 408 g/mol. The van der Waals surface area contributed by atoms with Crippen molar-refractivity contribution in [2.24, 2.45) is 5.10 Å². The minimum Gasteiger partial charge on any atom is -0.487 e. The van der Waals surface area contributed by atoms with Gasteiger partial charge in [-0.05, 0) is 52.6 Å². The first-order chi connectivity index (χ1) is 15.1. The van der Waals surface area contributed by atoms with Crippen LogP contribution in [0.3, 0.4) is 0 Å². The maximum atomic E-state index is 12.7. The van der Waals surface area contributed by atoms with Crippen molar-refractivity contribution in [1.29, 1.82) is 0 Å². The van der Waals surface area contributed by atoms with Crippen molar-refractivity contribution in [2.75, 3.05) is 0 Å². The summed E-state index contributed by atoms with van der Waals surface area (Å²) in [5.41, 5.74) is 5.96. The Hall–Kier alpha value is -3.63. The first kappa shape index (κ1) is 20.6. The zero-order valence-corrected chi connectivity index (χ0v) is 17.8. The van der Waals surface area contributed by atoms with E-state index >= 15 is 0 Å². The summed E-state index contributed by atoms with van der Waals surface area (Å²) >= 11 is 6.35. The maximum Gasteiger partial charge on any atom is 0.272 e. The van der Waals surface area contributed by atoms with Crippen LogP contribution in [-0.4, -0.2) is 12.1 Å². The second kappa shape index (κ2) is 9.45. The van der Waals surface area contributed by atoms with Gasteiger partial charge >= 0.3 is 0 Å². The number of benzene rings is 4. The van der Waals surface area contributed by atoms with E-state index in [4.69, 9.17) is 16.3 Å². The highest BCUT2D eigenvalue weighted by Crippen LogP contribution is 2.26. The molecule has 0 spiro atoms. The predicted octanol–water partition coefficient (Wildman–Crippen LogP) is 6.14. The van der Waals surface area contributed by atoms with Gasteiger partial charge in [0.05, 0.1) is 16.8 Å². The highest BCUT2D eigenvalue weighted by Gasteiger charge is 2.12. The number of nitrogens with zero attached hydrogens (tertiary/aromatic N) is 1. The predicted molar refractivity (Wildman–Crippen MR) is 126 cm³/mol. The fourth-order valence-corrected chi connectivity index (χ4v) is 3.60. The minimum atomic E-state index is -0.250. The number of ether oxygens (including phenoxy) is 1. The van der Waals surface area contributed by atoms with E-state index in [0.29, 0.717) is 22.9 Å². The zero-order valence-electron chi connectivity index (χ0n) is 17.0. The number of rotatable bonds is 6. The van der Waals surface area contributed by atoms with Gasteiger partial charge in [-0.1, -0.05) is 78.3 Å². The van der Waals surface area contributed by atoms with Crippen molar-refractivity contribution in [2.45, 2.75) is 13.5 Å². The van der Waals surface area contributed by atoms with Crippen LogP contribution in [0.15, 0.2) is 90.0 Å². The molecule has 31 heavy (non-hydrogen) atoms. The molecule has 1 amide bonds. The van der Waals surface area contributed by atoms with Crippen LogP contribution in [0.1, 0.15) is 27.0 Å². The number of fused-ring (bicyclic) bond motifs is 1. The molecule has 1 N–H and O–H groups in total. The quantitative estimate of drug-likeness (QED) is 0.296. The third-order valence-corrected chi connectivity index (χ3v) is 5.23. The van der Waals surface area contributed by atoms with Crippen LogP contribution in [0, 0.1) is 6.92 Å². The van der Waals surface area contributed by atoms with E-state index in [9.17, 15) is 4.79 Å². The maximum absolute atomic E-state index is 12.7. The van der Waals surface area contributed by atoms with Crippen molar-refractivity contribution >= 4 is 34.5 Å². The summed E-state index contributed by atoms with van der Waals surface area (Å²) in [5.74, 6) is 0.345. The van der Waals surface area contributed by atoms with Crippen LogP contribution in [-0.2, 0) is 6.61 Å². The van der Waals surface area contributed by atoms with Gasteiger partial charge < -0.3 is 4.74 Å². The number of carbonyl (C=O) groups excluding carboxylic acids is 1. The van der Waals surface area contributed by atoms with Crippen molar-refractivity contribution < 1.29 is 9.53 Å². The molecule has 0 unspecified atom stereocenters. The topological polar surface area (TPSA) is 50.7 Å². The summed E-state index contributed by atoms with van der Waals surface area (Å²) in [5, 5.41) is 6.50. The molecule has 4 aromatic carbocycles. The molecule has 0 saturated heterocycles. The Balaban J connectivity index is 1.43. The molecule has 0 saturated carbocycles. The number of aryl methyl sites for hydroxylation is 1. The van der Waals surface area contributed by atoms with Crippen LogP contribution >= 0.6 is 11.6 Å². The second-order valence-electron chi connectivity index (χ2n) is 7.14. The molecule has 0 aliphatic rings. The normalized spacial score (nSPS) is 11.0. The fourth-order valence-electron chi connectivity index (χ4n) is 3.35. The van der Waals surface area contributed by atoms with Crippen LogP contribution in [0.2, 0.25) is 5.02 Å². The van der Waals surface area contributed by atoms with E-state index in [1.807, 2.05) is 79.7 Å². The highest BCUT2D eigenvalue weighted by atomic mass is 35.5. The Morgan fingerprint density at radius 3 is 2.58 bits per heavy atom. The van der Waals surface area contributed by atoms with Gasteiger partial charge in [0.25, 0.3) is 5.91 Å². The van der Waals surface area contributed by atoms with Crippen molar-refractivity contribution in [1.82, 2.24) is 5.43 Å². The molecule has 4 aromatic rings. The third kappa shape index (κ3) is 4.93. The lowest BCUT2D eigenvalue weighted by atomic mass is 9.99. The number of hydrogen-bond donors (Lipinski definition) is 1. The lowest BCUT2D eigenvalue weighted by Gasteiger charge is -2.09. The van der Waals surface area contributed by atoms with E-state index in [0.717, 1.165) is 27.5 Å². The Kier molecular flexibility index (Phi) is 6.29. The SMILES string of the molecule is Cc1ccc2ccccc2c1C(=O)N/N=C\c1ccc(OCc2ccccc2)c(Cl)c1. The van der Waals surface area contributed by atoms with Gasteiger partial charge in [-0.3, -0.25) is 4.79 Å². The number of amides is 1. The Morgan fingerprint density at radius 2 is 1.77 bits per heavy atom. The first-order valence-electron chi connectivity index (χ1n) is 9.90. The molecule has 154 valence electrons. The smallest absolute Gasteiger partial charge is 0.272 e. The van der Waals surface area contributed by atoms with Gasteiger partial charge in [-0.2, -0.15) is 5.10 Å². The molecule has 0 bridgehead atoms. The molecule has 0 heterocycles. The molecule has 0 atom stereocenters. The molecule has 0 aliphatic heterocycles. The van der Waals surface area contributed by atoms with E-state index in [1.165, 1.54) is 0 Å². The zero-order chi connectivity index (χ0) is 21.6. The van der Waals surface area contributed by atoms with E-state index < -0.39 is 0 Å². The van der Waals surface area contributed by atoms with Crippen LogP contribution in [0.5, 0.6) is 5.75 Å². The first-order valence-corrected chi connectivity index (χ1v) is 10.3. The summed E-state index contributed by atoms with van der Waals surface area (Å²) in [6.07, 6.45) is 1.56. The van der Waals surface area contributed by atoms with Crippen molar-refractivity contribution in [3.05, 3.63) is 112 Å². The monoisotopic (exact) mass is 428 g/mol. The number of halogens is 1. The van der Waals surface area contributed by atoms with E-state index in [2.05, 4.69) is 10.5 Å². The molecule has 0 fully saturated rings. The number of hydrogen-bond acceptors (Lipinski definition) is 3. The van der Waals surface area contributed by atoms with Crippen LogP contribution in [0.4, 0.5) is 0 Å². The number of hydrazone groups is 1. The van der Waals surface area contributed by atoms with Gasteiger partial charge in [0, 0.05) is 0 Å². The van der Waals surface area contributed by atoms with Gasteiger partial charge in [0.15, 0.2) is 0 Å². The summed E-state index contributed by atoms with van der Waals surface area (Å²) in [6, 6.07) is 27.0. The Bertz CT molecular complexity index is 1250. The van der Waals surface area contributed by atoms with E-state index in [1.54, 1.807) is 18.3 Å². The van der Waals surface area contributed by atoms with Crippen molar-refractivity contribution in [3.63, 3.8) is 0 Å². The summed E-state index contributed by atoms with van der Waals surface area (Å²) in [4.78, 5) is 12.7. The largest absolute Gasteiger partial charge is 0.487 e. The van der Waals surface area contributed by atoms with Gasteiger partial charge in [-0.25, -0.2) is 5.43 Å². The molecule has 4 nitrogen and oxygen atoms in total. The highest BCUT2D eigenvalue weighted by molar-refractivity contribution is 6.32. The standard InChI is InChI=1S/C26H21ClN2O2/c1-18-11-13-21-9-5-6-10-22(21)25(18)26(30)29-28-16-20-12-14-24(23(27)15-20)31-17-19-7-3-2-4-8-19/h2-16H,17H2,1H3,(H,29,30)/b28-16-. The fraction of sp³-hybridized carbons (Fsp3) is 0.0769. The number of nitrogens with one attached hydrogen (secondary N) is 1. The van der Waals surface area contributed by atoms with Gasteiger partial charge in [0.2, 0.25) is 0 Å². The van der Waals surface area contributed by atoms with Crippen LogP contribution in [0.25, 0.3) is 10.8 Å². The molecular formula is C26H21ClN2O2. The summed E-state index contributed by atoms with van der Waals surface area (Å²) in [7, 11) is 0. The second-order valence-corrected chi connectivity index (χ2v) is 7.55. The Morgan fingerprint density at radius 1 is 1.00 bits per heavy atom. The lowest BCUT2D eigenvalue weighted by Crippen LogP contribution is -2.19. The Labute approximate surface area is 186 Å². The minimum absolute atomic E-state index is 0.250. The van der Waals surface area contributed by atoms with Gasteiger partial charge in [0.1, 0.15) is 12.4 Å². The summed E-state index contributed by atoms with van der Waals surface area (Å²) in [6.45, 7) is 2.35. The number of carbonyl (C=O) groups is 1.